The van der Waals surface area contributed by atoms with Gasteiger partial charge in [-0.2, -0.15) is 0 Å². The molecule has 0 amide bonds. The molecule has 2 aliphatic carbocycles. The number of fused-ring (bicyclic) bond motifs is 6. The van der Waals surface area contributed by atoms with Crippen LogP contribution in [0.1, 0.15) is 42.5 Å². The first-order chi connectivity index (χ1) is 32.0. The fourth-order valence-corrected chi connectivity index (χ4v) is 10.9. The highest BCUT2D eigenvalue weighted by atomic mass is 15.2. The summed E-state index contributed by atoms with van der Waals surface area (Å²) < 4.78 is 2.43. The molecule has 0 saturated carbocycles. The van der Waals surface area contributed by atoms with Gasteiger partial charge in [0.2, 0.25) is 0 Å². The summed E-state index contributed by atoms with van der Waals surface area (Å²) >= 11 is 0. The average molecular weight is 833 g/mol. The van der Waals surface area contributed by atoms with Crippen molar-refractivity contribution in [3.05, 3.63) is 259 Å². The molecule has 10 aromatic rings. The van der Waals surface area contributed by atoms with Gasteiger partial charge < -0.3 is 9.47 Å². The first-order valence-corrected chi connectivity index (χ1v) is 22.9. The molecule has 310 valence electrons. The Kier molecular flexibility index (Phi) is 9.35. The minimum Gasteiger partial charge on any atom is -0.334 e. The van der Waals surface area contributed by atoms with Gasteiger partial charge in [-0.1, -0.05) is 214 Å². The zero-order valence-electron chi connectivity index (χ0n) is 36.7. The highest BCUT2D eigenvalue weighted by molar-refractivity contribution is 6.10. The van der Waals surface area contributed by atoms with Gasteiger partial charge in [-0.15, -0.1) is 0 Å². The molecular weight excluding hydrogens is 785 g/mol. The summed E-state index contributed by atoms with van der Waals surface area (Å²) in [6, 6.07) is 82.5. The zero-order valence-corrected chi connectivity index (χ0v) is 36.7. The minimum absolute atomic E-state index is 0.0232. The number of hydrogen-bond acceptors (Lipinski definition) is 1. The van der Waals surface area contributed by atoms with Crippen molar-refractivity contribution in [2.24, 2.45) is 0 Å². The molecule has 1 heterocycles. The summed E-state index contributed by atoms with van der Waals surface area (Å²) in [6.07, 6.45) is 5.83. The SMILES string of the molecule is CC1(C)c2ccccc2-c2c(-c3ccccc3N(c3ccc(-c4ccccc4-n4c5ccccc5c5ccccc54)cc3)C3C=C(c4ccccc4)C(c4ccccc4)=CC3)cccc21. The first kappa shape index (κ1) is 38.7. The summed E-state index contributed by atoms with van der Waals surface area (Å²) in [4.78, 5) is 2.60. The number of allylic oxidation sites excluding steroid dienone is 2. The van der Waals surface area contributed by atoms with Crippen LogP contribution in [0.15, 0.2) is 237 Å². The van der Waals surface area contributed by atoms with Crippen LogP contribution in [0, 0.1) is 0 Å². The largest absolute Gasteiger partial charge is 0.334 e. The average Bonchev–Trinajstić information content (AvgIpc) is 3.83. The van der Waals surface area contributed by atoms with Crippen molar-refractivity contribution in [1.29, 1.82) is 0 Å². The Labute approximate surface area is 381 Å². The van der Waals surface area contributed by atoms with E-state index in [9.17, 15) is 0 Å². The molecule has 0 aliphatic heterocycles. The van der Waals surface area contributed by atoms with Gasteiger partial charge >= 0.3 is 0 Å². The fraction of sp³-hybridized carbons (Fsp3) is 0.0794. The number of hydrogen-bond donors (Lipinski definition) is 0. The van der Waals surface area contributed by atoms with Crippen molar-refractivity contribution in [2.75, 3.05) is 4.90 Å². The molecule has 65 heavy (non-hydrogen) atoms. The maximum atomic E-state index is 2.60. The van der Waals surface area contributed by atoms with E-state index in [1.807, 2.05) is 0 Å². The second-order valence-corrected chi connectivity index (χ2v) is 18.0. The third-order valence-electron chi connectivity index (χ3n) is 14.0. The van der Waals surface area contributed by atoms with E-state index in [0.29, 0.717) is 0 Å². The second kappa shape index (κ2) is 15.7. The van der Waals surface area contributed by atoms with Gasteiger partial charge in [-0.3, -0.25) is 0 Å². The van der Waals surface area contributed by atoms with Gasteiger partial charge in [0.05, 0.1) is 22.8 Å². The van der Waals surface area contributed by atoms with Crippen LogP contribution in [0.5, 0.6) is 0 Å². The second-order valence-electron chi connectivity index (χ2n) is 18.0. The summed E-state index contributed by atoms with van der Waals surface area (Å²) in [7, 11) is 0. The molecule has 12 rings (SSSR count). The third-order valence-corrected chi connectivity index (χ3v) is 14.0. The topological polar surface area (TPSA) is 8.17 Å². The van der Waals surface area contributed by atoms with Gasteiger partial charge in [0.15, 0.2) is 0 Å². The fourth-order valence-electron chi connectivity index (χ4n) is 10.9. The molecule has 2 nitrogen and oxygen atoms in total. The van der Waals surface area contributed by atoms with E-state index in [4.69, 9.17) is 0 Å². The van der Waals surface area contributed by atoms with E-state index >= 15 is 0 Å². The maximum Gasteiger partial charge on any atom is 0.0566 e. The third kappa shape index (κ3) is 6.39. The predicted molar refractivity (Wildman–Crippen MR) is 275 cm³/mol. The van der Waals surface area contributed by atoms with Crippen molar-refractivity contribution < 1.29 is 0 Å². The molecule has 0 spiro atoms. The van der Waals surface area contributed by atoms with Gasteiger partial charge in [-0.05, 0) is 98.5 Å². The smallest absolute Gasteiger partial charge is 0.0566 e. The van der Waals surface area contributed by atoms with Crippen LogP contribution >= 0.6 is 0 Å². The molecule has 9 aromatic carbocycles. The van der Waals surface area contributed by atoms with Gasteiger partial charge in [0.1, 0.15) is 0 Å². The van der Waals surface area contributed by atoms with E-state index in [1.165, 1.54) is 100.0 Å². The summed E-state index contributed by atoms with van der Waals surface area (Å²) in [5.41, 5.74) is 21.1. The molecule has 2 aliphatic rings. The quantitative estimate of drug-likeness (QED) is 0.148. The molecule has 0 bridgehead atoms. The summed E-state index contributed by atoms with van der Waals surface area (Å²) in [5.74, 6) is 0. The Balaban J connectivity index is 1.04. The lowest BCUT2D eigenvalue weighted by atomic mass is 9.82. The zero-order chi connectivity index (χ0) is 43.5. The number of nitrogens with zero attached hydrogens (tertiary/aromatic N) is 2. The molecule has 2 heteroatoms. The number of para-hydroxylation sites is 4. The van der Waals surface area contributed by atoms with Crippen LogP contribution in [0.25, 0.3) is 72.0 Å². The number of rotatable bonds is 8. The standard InChI is InChI=1S/C63H48N2/c1-63(2)56-30-14-9-28-54(56)62-53(29-19-31-57(62)63)52-27-13-16-33-59(52)64(47-40-41-48(43-20-5-3-6-21-43)55(42-47)44-22-7-4-8-23-44)46-38-36-45(37-39-46)49-24-10-15-32-58(49)65-60-34-17-11-25-50(60)51-26-12-18-35-61(51)65/h3-39,41-42,47H,40H2,1-2H3. The molecule has 1 aromatic heterocycles. The van der Waals surface area contributed by atoms with Crippen LogP contribution in [0.4, 0.5) is 11.4 Å². The molecule has 0 N–H and O–H groups in total. The van der Waals surface area contributed by atoms with E-state index in [2.05, 4.69) is 260 Å². The van der Waals surface area contributed by atoms with Crippen molar-refractivity contribution >= 4 is 44.3 Å². The van der Waals surface area contributed by atoms with Crippen LogP contribution in [0.2, 0.25) is 0 Å². The monoisotopic (exact) mass is 832 g/mol. The Morgan fingerprint density at radius 3 is 1.68 bits per heavy atom. The Hall–Kier alpha value is -7.94. The molecule has 0 saturated heterocycles. The van der Waals surface area contributed by atoms with E-state index < -0.39 is 0 Å². The molecule has 0 fully saturated rings. The van der Waals surface area contributed by atoms with E-state index in [1.54, 1.807) is 0 Å². The maximum absolute atomic E-state index is 2.60. The van der Waals surface area contributed by atoms with Gasteiger partial charge in [-0.25, -0.2) is 0 Å². The number of anilines is 2. The molecule has 0 radical (unpaired) electrons. The van der Waals surface area contributed by atoms with Gasteiger partial charge in [0.25, 0.3) is 0 Å². The lowest BCUT2D eigenvalue weighted by Gasteiger charge is -2.36. The van der Waals surface area contributed by atoms with Crippen LogP contribution in [0.3, 0.4) is 0 Å². The van der Waals surface area contributed by atoms with Crippen molar-refractivity contribution in [2.45, 2.75) is 31.7 Å². The van der Waals surface area contributed by atoms with E-state index in [-0.39, 0.29) is 11.5 Å². The van der Waals surface area contributed by atoms with E-state index in [0.717, 1.165) is 12.1 Å². The number of aromatic nitrogens is 1. The Bertz CT molecular complexity index is 3420. The van der Waals surface area contributed by atoms with Crippen molar-refractivity contribution in [3.63, 3.8) is 0 Å². The lowest BCUT2D eigenvalue weighted by Crippen LogP contribution is -2.31. The van der Waals surface area contributed by atoms with Crippen LogP contribution in [-0.2, 0) is 5.41 Å². The van der Waals surface area contributed by atoms with Crippen molar-refractivity contribution in [3.8, 4) is 39.1 Å². The van der Waals surface area contributed by atoms with Crippen LogP contribution in [-0.4, -0.2) is 10.6 Å². The minimum atomic E-state index is -0.1000. The summed E-state index contributed by atoms with van der Waals surface area (Å²) in [5, 5.41) is 2.53. The molecular formula is C63H48N2. The molecule has 1 atom stereocenters. The predicted octanol–water partition coefficient (Wildman–Crippen LogP) is 16.5. The highest BCUT2D eigenvalue weighted by Gasteiger charge is 2.37. The lowest BCUT2D eigenvalue weighted by molar-refractivity contribution is 0.660. The Morgan fingerprint density at radius 1 is 0.431 bits per heavy atom. The summed E-state index contributed by atoms with van der Waals surface area (Å²) in [6.45, 7) is 4.74. The highest BCUT2D eigenvalue weighted by Crippen LogP contribution is 2.54. The van der Waals surface area contributed by atoms with Crippen molar-refractivity contribution in [1.82, 2.24) is 4.57 Å². The van der Waals surface area contributed by atoms with Gasteiger partial charge in [0, 0.05) is 38.7 Å². The van der Waals surface area contributed by atoms with Crippen LogP contribution < -0.4 is 4.90 Å². The number of benzene rings is 9. The first-order valence-electron chi connectivity index (χ1n) is 22.9. The normalized spacial score (nSPS) is 15.0. The Morgan fingerprint density at radius 2 is 0.969 bits per heavy atom. The molecule has 1 unspecified atom stereocenters.